The highest BCUT2D eigenvalue weighted by Gasteiger charge is 2.40. The Balaban J connectivity index is 1.76. The predicted octanol–water partition coefficient (Wildman–Crippen LogP) is 2.08. The standard InChI is InChI=1S/C12H12N2O2S2/c1-12(16)6-14(7-12)11(15)8-5-18-10(13-8)9-3-2-4-17-9/h2-5,16H,6-7H2,1H3. The van der Waals surface area contributed by atoms with Crippen LogP contribution in [0.5, 0.6) is 0 Å². The van der Waals surface area contributed by atoms with Crippen LogP contribution in [0.4, 0.5) is 0 Å². The van der Waals surface area contributed by atoms with E-state index in [2.05, 4.69) is 4.98 Å². The number of amides is 1. The molecule has 1 aliphatic rings. The van der Waals surface area contributed by atoms with E-state index in [4.69, 9.17) is 0 Å². The number of aliphatic hydroxyl groups is 1. The zero-order valence-electron chi connectivity index (χ0n) is 9.79. The Morgan fingerprint density at radius 2 is 2.28 bits per heavy atom. The topological polar surface area (TPSA) is 53.4 Å². The lowest BCUT2D eigenvalue weighted by Gasteiger charge is -2.43. The summed E-state index contributed by atoms with van der Waals surface area (Å²) in [4.78, 5) is 19.1. The van der Waals surface area contributed by atoms with Gasteiger partial charge in [0.05, 0.1) is 23.6 Å². The van der Waals surface area contributed by atoms with Crippen LogP contribution >= 0.6 is 22.7 Å². The first kappa shape index (κ1) is 11.8. The monoisotopic (exact) mass is 280 g/mol. The minimum Gasteiger partial charge on any atom is -0.386 e. The van der Waals surface area contributed by atoms with Crippen molar-refractivity contribution in [2.75, 3.05) is 13.1 Å². The Morgan fingerprint density at radius 3 is 2.89 bits per heavy atom. The number of carbonyl (C=O) groups excluding carboxylic acids is 1. The maximum absolute atomic E-state index is 12.1. The highest BCUT2D eigenvalue weighted by Crippen LogP contribution is 2.29. The maximum Gasteiger partial charge on any atom is 0.273 e. The number of thiophene rings is 1. The molecule has 4 nitrogen and oxygen atoms in total. The van der Waals surface area contributed by atoms with Crippen molar-refractivity contribution in [3.05, 3.63) is 28.6 Å². The van der Waals surface area contributed by atoms with Crippen molar-refractivity contribution in [2.45, 2.75) is 12.5 Å². The molecule has 3 heterocycles. The van der Waals surface area contributed by atoms with Gasteiger partial charge in [-0.2, -0.15) is 0 Å². The van der Waals surface area contributed by atoms with Crippen LogP contribution in [0, 0.1) is 0 Å². The van der Waals surface area contributed by atoms with Crippen molar-refractivity contribution in [1.29, 1.82) is 0 Å². The highest BCUT2D eigenvalue weighted by molar-refractivity contribution is 7.20. The molecule has 18 heavy (non-hydrogen) atoms. The van der Waals surface area contributed by atoms with Crippen LogP contribution in [-0.2, 0) is 0 Å². The van der Waals surface area contributed by atoms with E-state index in [-0.39, 0.29) is 5.91 Å². The molecule has 1 amide bonds. The van der Waals surface area contributed by atoms with Crippen LogP contribution in [0.15, 0.2) is 22.9 Å². The van der Waals surface area contributed by atoms with Gasteiger partial charge in [0.2, 0.25) is 0 Å². The molecule has 0 aliphatic carbocycles. The minimum absolute atomic E-state index is 0.0967. The van der Waals surface area contributed by atoms with Gasteiger partial charge in [-0.3, -0.25) is 4.79 Å². The lowest BCUT2D eigenvalue weighted by molar-refractivity contribution is -0.0670. The van der Waals surface area contributed by atoms with E-state index in [0.29, 0.717) is 18.8 Å². The Labute approximate surface area is 113 Å². The summed E-state index contributed by atoms with van der Waals surface area (Å²) >= 11 is 3.09. The molecular formula is C12H12N2O2S2. The van der Waals surface area contributed by atoms with E-state index in [1.54, 1.807) is 28.5 Å². The number of hydrogen-bond donors (Lipinski definition) is 1. The fourth-order valence-corrected chi connectivity index (χ4v) is 3.58. The summed E-state index contributed by atoms with van der Waals surface area (Å²) in [6.45, 7) is 2.50. The fraction of sp³-hybridized carbons (Fsp3) is 0.333. The summed E-state index contributed by atoms with van der Waals surface area (Å²) in [6.07, 6.45) is 0. The number of hydrogen-bond acceptors (Lipinski definition) is 5. The zero-order valence-corrected chi connectivity index (χ0v) is 11.4. The van der Waals surface area contributed by atoms with E-state index >= 15 is 0 Å². The predicted molar refractivity (Wildman–Crippen MR) is 72.0 cm³/mol. The van der Waals surface area contributed by atoms with E-state index in [1.807, 2.05) is 17.5 Å². The Kier molecular flexibility index (Phi) is 2.73. The normalized spacial score (nSPS) is 17.6. The second-order valence-corrected chi connectivity index (χ2v) is 6.48. The molecule has 1 fully saturated rings. The largest absolute Gasteiger partial charge is 0.386 e. The Morgan fingerprint density at radius 1 is 1.50 bits per heavy atom. The van der Waals surface area contributed by atoms with Crippen LogP contribution in [0.25, 0.3) is 9.88 Å². The molecule has 0 aromatic carbocycles. The summed E-state index contributed by atoms with van der Waals surface area (Å²) in [5.74, 6) is -0.0967. The second kappa shape index (κ2) is 4.15. The third kappa shape index (κ3) is 2.07. The number of thiazole rings is 1. The molecular weight excluding hydrogens is 268 g/mol. The molecule has 3 rings (SSSR count). The maximum atomic E-state index is 12.1. The van der Waals surface area contributed by atoms with Crippen molar-refractivity contribution in [1.82, 2.24) is 9.88 Å². The molecule has 0 atom stereocenters. The van der Waals surface area contributed by atoms with Crippen LogP contribution in [-0.4, -0.2) is 39.6 Å². The molecule has 1 N–H and O–H groups in total. The van der Waals surface area contributed by atoms with Crippen molar-refractivity contribution < 1.29 is 9.90 Å². The number of β-amino-alcohol motifs (C(OH)–C–C–N with tert-alkyl or cyclic N) is 1. The molecule has 1 saturated heterocycles. The van der Waals surface area contributed by atoms with Gasteiger partial charge in [-0.1, -0.05) is 6.07 Å². The summed E-state index contributed by atoms with van der Waals surface area (Å²) in [6, 6.07) is 3.96. The van der Waals surface area contributed by atoms with Crippen LogP contribution < -0.4 is 0 Å². The molecule has 94 valence electrons. The third-order valence-electron chi connectivity index (χ3n) is 2.81. The SMILES string of the molecule is CC1(O)CN(C(=O)c2csc(-c3cccs3)n2)C1. The highest BCUT2D eigenvalue weighted by atomic mass is 32.1. The first-order valence-corrected chi connectivity index (χ1v) is 7.32. The number of nitrogens with zero attached hydrogens (tertiary/aromatic N) is 2. The first-order chi connectivity index (χ1) is 8.55. The van der Waals surface area contributed by atoms with Gasteiger partial charge in [0, 0.05) is 5.38 Å². The molecule has 0 radical (unpaired) electrons. The molecule has 1 aliphatic heterocycles. The average Bonchev–Trinajstić information content (AvgIpc) is 2.94. The fourth-order valence-electron chi connectivity index (χ4n) is 1.97. The first-order valence-electron chi connectivity index (χ1n) is 5.56. The molecule has 2 aromatic rings. The van der Waals surface area contributed by atoms with Gasteiger partial charge in [0.1, 0.15) is 10.7 Å². The number of rotatable bonds is 2. The molecule has 0 unspecified atom stereocenters. The van der Waals surface area contributed by atoms with Gasteiger partial charge in [-0.05, 0) is 18.4 Å². The molecule has 2 aromatic heterocycles. The van der Waals surface area contributed by atoms with Gasteiger partial charge >= 0.3 is 0 Å². The van der Waals surface area contributed by atoms with E-state index in [9.17, 15) is 9.90 Å². The van der Waals surface area contributed by atoms with E-state index in [1.165, 1.54) is 11.3 Å². The molecule has 0 bridgehead atoms. The number of carbonyl (C=O) groups is 1. The smallest absolute Gasteiger partial charge is 0.273 e. The van der Waals surface area contributed by atoms with E-state index < -0.39 is 5.60 Å². The minimum atomic E-state index is -0.734. The van der Waals surface area contributed by atoms with Gasteiger partial charge in [-0.25, -0.2) is 4.98 Å². The summed E-state index contributed by atoms with van der Waals surface area (Å²) in [5, 5.41) is 14.3. The van der Waals surface area contributed by atoms with Crippen LogP contribution in [0.1, 0.15) is 17.4 Å². The Hall–Kier alpha value is -1.24. The number of likely N-dealkylation sites (tertiary alicyclic amines) is 1. The van der Waals surface area contributed by atoms with Crippen molar-refractivity contribution in [3.8, 4) is 9.88 Å². The van der Waals surface area contributed by atoms with Gasteiger partial charge in [-0.15, -0.1) is 22.7 Å². The lowest BCUT2D eigenvalue weighted by Crippen LogP contribution is -2.61. The Bertz CT molecular complexity index is 567. The second-order valence-electron chi connectivity index (χ2n) is 4.67. The van der Waals surface area contributed by atoms with Crippen molar-refractivity contribution >= 4 is 28.6 Å². The van der Waals surface area contributed by atoms with Crippen LogP contribution in [0.3, 0.4) is 0 Å². The lowest BCUT2D eigenvalue weighted by atomic mass is 9.97. The summed E-state index contributed by atoms with van der Waals surface area (Å²) < 4.78 is 0. The molecule has 6 heteroatoms. The number of aromatic nitrogens is 1. The van der Waals surface area contributed by atoms with Crippen molar-refractivity contribution in [3.63, 3.8) is 0 Å². The van der Waals surface area contributed by atoms with Crippen LogP contribution in [0.2, 0.25) is 0 Å². The summed E-state index contributed by atoms with van der Waals surface area (Å²) in [7, 11) is 0. The summed E-state index contributed by atoms with van der Waals surface area (Å²) in [5.41, 5.74) is -0.263. The van der Waals surface area contributed by atoms with Gasteiger partial charge in [0.15, 0.2) is 0 Å². The third-order valence-corrected chi connectivity index (χ3v) is 4.69. The van der Waals surface area contributed by atoms with Gasteiger partial charge in [0.25, 0.3) is 5.91 Å². The quantitative estimate of drug-likeness (QED) is 0.916. The average molecular weight is 280 g/mol. The molecule has 0 spiro atoms. The molecule has 0 saturated carbocycles. The van der Waals surface area contributed by atoms with E-state index in [0.717, 1.165) is 9.88 Å². The van der Waals surface area contributed by atoms with Crippen molar-refractivity contribution in [2.24, 2.45) is 0 Å². The zero-order chi connectivity index (χ0) is 12.8. The van der Waals surface area contributed by atoms with Gasteiger partial charge < -0.3 is 10.0 Å².